The zero-order valence-corrected chi connectivity index (χ0v) is 11.8. The summed E-state index contributed by atoms with van der Waals surface area (Å²) in [4.78, 5) is 21.9. The van der Waals surface area contributed by atoms with Crippen molar-refractivity contribution >= 4 is 40.5 Å². The van der Waals surface area contributed by atoms with Crippen LogP contribution in [0.2, 0.25) is 10.0 Å². The molecule has 2 rings (SSSR count). The first kappa shape index (κ1) is 15.2. The van der Waals surface area contributed by atoms with Gasteiger partial charge >= 0.3 is 0 Å². The fourth-order valence-electron chi connectivity index (χ4n) is 1.60. The maximum atomic E-state index is 13.5. The third-order valence-corrected chi connectivity index (χ3v) is 3.11. The quantitative estimate of drug-likeness (QED) is 0.674. The second kappa shape index (κ2) is 6.07. The average molecular weight is 329 g/mol. The molecule has 5 nitrogen and oxygen atoms in total. The van der Waals surface area contributed by atoms with Gasteiger partial charge in [0.25, 0.3) is 11.6 Å². The Morgan fingerprint density at radius 1 is 1.19 bits per heavy atom. The number of nitrogens with one attached hydrogen (secondary N) is 1. The molecule has 0 spiro atoms. The molecule has 0 heterocycles. The molecule has 2 aromatic rings. The molecule has 2 aromatic carbocycles. The summed E-state index contributed by atoms with van der Waals surface area (Å²) in [6, 6.07) is 7.21. The summed E-state index contributed by atoms with van der Waals surface area (Å²) >= 11 is 11.4. The Hall–Kier alpha value is -2.18. The van der Waals surface area contributed by atoms with Gasteiger partial charge in [0, 0.05) is 16.8 Å². The van der Waals surface area contributed by atoms with Crippen LogP contribution in [0, 0.1) is 15.9 Å². The van der Waals surface area contributed by atoms with Gasteiger partial charge in [-0.2, -0.15) is 0 Å². The fraction of sp³-hybridized carbons (Fsp3) is 0. The number of rotatable bonds is 3. The van der Waals surface area contributed by atoms with E-state index in [2.05, 4.69) is 5.32 Å². The van der Waals surface area contributed by atoms with Crippen molar-refractivity contribution in [2.75, 3.05) is 5.32 Å². The molecule has 0 saturated heterocycles. The minimum Gasteiger partial charge on any atom is -0.322 e. The molecule has 0 aliphatic heterocycles. The van der Waals surface area contributed by atoms with E-state index in [-0.39, 0.29) is 27.0 Å². The number of nitrogens with zero attached hydrogens (tertiary/aromatic N) is 1. The predicted octanol–water partition coefficient (Wildman–Crippen LogP) is 4.29. The summed E-state index contributed by atoms with van der Waals surface area (Å²) in [7, 11) is 0. The monoisotopic (exact) mass is 328 g/mol. The number of amides is 1. The highest BCUT2D eigenvalue weighted by Gasteiger charge is 2.16. The largest absolute Gasteiger partial charge is 0.322 e. The number of nitro benzene ring substituents is 1. The minimum atomic E-state index is -0.736. The number of carbonyl (C=O) groups is 1. The fourth-order valence-corrected chi connectivity index (χ4v) is 2.02. The van der Waals surface area contributed by atoms with Crippen LogP contribution in [0.3, 0.4) is 0 Å². The van der Waals surface area contributed by atoms with Crippen LogP contribution in [0.25, 0.3) is 0 Å². The Kier molecular flexibility index (Phi) is 4.40. The van der Waals surface area contributed by atoms with Gasteiger partial charge in [-0.25, -0.2) is 4.39 Å². The van der Waals surface area contributed by atoms with E-state index in [1.54, 1.807) is 0 Å². The van der Waals surface area contributed by atoms with Crippen molar-refractivity contribution in [3.8, 4) is 0 Å². The Morgan fingerprint density at radius 3 is 2.52 bits per heavy atom. The molecule has 0 saturated carbocycles. The normalized spacial score (nSPS) is 10.2. The van der Waals surface area contributed by atoms with Crippen molar-refractivity contribution in [2.45, 2.75) is 0 Å². The molecule has 1 amide bonds. The molecule has 0 aromatic heterocycles. The molecule has 0 aliphatic carbocycles. The Balaban J connectivity index is 2.26. The van der Waals surface area contributed by atoms with Gasteiger partial charge in [-0.3, -0.25) is 14.9 Å². The number of anilines is 1. The number of hydrogen-bond acceptors (Lipinski definition) is 3. The topological polar surface area (TPSA) is 72.2 Å². The second-order valence-electron chi connectivity index (χ2n) is 4.00. The first-order valence-electron chi connectivity index (χ1n) is 5.59. The summed E-state index contributed by atoms with van der Waals surface area (Å²) in [5.74, 6) is -1.47. The maximum Gasteiger partial charge on any atom is 0.288 e. The number of carbonyl (C=O) groups excluding carboxylic acids is 1. The van der Waals surface area contributed by atoms with E-state index in [1.807, 2.05) is 0 Å². The van der Waals surface area contributed by atoms with Gasteiger partial charge < -0.3 is 5.32 Å². The average Bonchev–Trinajstić information content (AvgIpc) is 2.41. The molecule has 0 aliphatic rings. The summed E-state index contributed by atoms with van der Waals surface area (Å²) < 4.78 is 13.5. The smallest absolute Gasteiger partial charge is 0.288 e. The minimum absolute atomic E-state index is 0.135. The van der Waals surface area contributed by atoms with E-state index in [1.165, 1.54) is 24.3 Å². The van der Waals surface area contributed by atoms with Crippen molar-refractivity contribution < 1.29 is 14.1 Å². The van der Waals surface area contributed by atoms with E-state index in [4.69, 9.17) is 23.2 Å². The molecular weight excluding hydrogens is 322 g/mol. The van der Waals surface area contributed by atoms with E-state index in [9.17, 15) is 19.3 Å². The zero-order valence-electron chi connectivity index (χ0n) is 10.3. The van der Waals surface area contributed by atoms with E-state index < -0.39 is 16.6 Å². The van der Waals surface area contributed by atoms with Crippen LogP contribution in [0.5, 0.6) is 0 Å². The molecule has 8 heteroatoms. The lowest BCUT2D eigenvalue weighted by molar-refractivity contribution is -0.384. The summed E-state index contributed by atoms with van der Waals surface area (Å²) in [6.07, 6.45) is 0. The van der Waals surface area contributed by atoms with Gasteiger partial charge in [-0.15, -0.1) is 0 Å². The molecule has 21 heavy (non-hydrogen) atoms. The van der Waals surface area contributed by atoms with Gasteiger partial charge in [0.15, 0.2) is 0 Å². The van der Waals surface area contributed by atoms with Crippen LogP contribution in [-0.4, -0.2) is 10.8 Å². The van der Waals surface area contributed by atoms with Crippen LogP contribution in [0.1, 0.15) is 10.4 Å². The lowest BCUT2D eigenvalue weighted by atomic mass is 10.2. The van der Waals surface area contributed by atoms with Crippen molar-refractivity contribution in [1.82, 2.24) is 0 Å². The highest BCUT2D eigenvalue weighted by Crippen LogP contribution is 2.27. The van der Waals surface area contributed by atoms with Crippen LogP contribution >= 0.6 is 23.2 Å². The Labute approximate surface area is 128 Å². The lowest BCUT2D eigenvalue weighted by Crippen LogP contribution is -2.13. The first-order valence-corrected chi connectivity index (χ1v) is 6.34. The van der Waals surface area contributed by atoms with Crippen molar-refractivity contribution in [1.29, 1.82) is 0 Å². The van der Waals surface area contributed by atoms with Gasteiger partial charge in [0.05, 0.1) is 10.5 Å². The Bertz CT molecular complexity index is 737. The standard InChI is InChI=1S/C13H7Cl2FN2O3/c14-7-1-3-11(16)9(5-7)13(19)17-8-2-4-12(18(20)21)10(15)6-8/h1-6H,(H,17,19). The van der Waals surface area contributed by atoms with Crippen LogP contribution in [-0.2, 0) is 0 Å². The molecule has 0 atom stereocenters. The molecular formula is C13H7Cl2FN2O3. The third-order valence-electron chi connectivity index (χ3n) is 2.58. The molecule has 108 valence electrons. The SMILES string of the molecule is O=C(Nc1ccc([N+](=O)[O-])c(Cl)c1)c1cc(Cl)ccc1F. The van der Waals surface area contributed by atoms with Crippen LogP contribution in [0.15, 0.2) is 36.4 Å². The zero-order chi connectivity index (χ0) is 15.6. The number of nitro groups is 1. The first-order chi connectivity index (χ1) is 9.88. The number of hydrogen-bond donors (Lipinski definition) is 1. The van der Waals surface area contributed by atoms with Gasteiger partial charge in [0.1, 0.15) is 10.8 Å². The van der Waals surface area contributed by atoms with Gasteiger partial charge in [0.2, 0.25) is 0 Å². The molecule has 0 unspecified atom stereocenters. The molecule has 0 fully saturated rings. The molecule has 1 N–H and O–H groups in total. The van der Waals surface area contributed by atoms with Crippen molar-refractivity contribution in [3.63, 3.8) is 0 Å². The summed E-state index contributed by atoms with van der Waals surface area (Å²) in [5, 5.41) is 13.1. The van der Waals surface area contributed by atoms with E-state index in [0.717, 1.165) is 12.1 Å². The highest BCUT2D eigenvalue weighted by molar-refractivity contribution is 6.33. The molecule has 0 bridgehead atoms. The van der Waals surface area contributed by atoms with Gasteiger partial charge in [-0.05, 0) is 30.3 Å². The highest BCUT2D eigenvalue weighted by atomic mass is 35.5. The van der Waals surface area contributed by atoms with Crippen LogP contribution in [0.4, 0.5) is 15.8 Å². The van der Waals surface area contributed by atoms with Crippen molar-refractivity contribution in [2.24, 2.45) is 0 Å². The molecule has 0 radical (unpaired) electrons. The lowest BCUT2D eigenvalue weighted by Gasteiger charge is -2.07. The second-order valence-corrected chi connectivity index (χ2v) is 4.85. The van der Waals surface area contributed by atoms with E-state index in [0.29, 0.717) is 0 Å². The van der Waals surface area contributed by atoms with E-state index >= 15 is 0 Å². The predicted molar refractivity (Wildman–Crippen MR) is 77.5 cm³/mol. The third kappa shape index (κ3) is 3.48. The van der Waals surface area contributed by atoms with Gasteiger partial charge in [-0.1, -0.05) is 23.2 Å². The summed E-state index contributed by atoms with van der Waals surface area (Å²) in [6.45, 7) is 0. The number of halogens is 3. The number of benzene rings is 2. The Morgan fingerprint density at radius 2 is 1.90 bits per heavy atom. The van der Waals surface area contributed by atoms with Crippen molar-refractivity contribution in [3.05, 3.63) is 67.9 Å². The van der Waals surface area contributed by atoms with Crippen LogP contribution < -0.4 is 5.32 Å². The maximum absolute atomic E-state index is 13.5. The summed E-state index contributed by atoms with van der Waals surface area (Å²) in [5.41, 5.74) is -0.324.